The number of aromatic amines is 1. The van der Waals surface area contributed by atoms with Gasteiger partial charge >= 0.3 is 6.09 Å². The molecule has 3 aromatic heterocycles. The van der Waals surface area contributed by atoms with Crippen molar-refractivity contribution in [1.82, 2.24) is 24.4 Å². The molecule has 0 radical (unpaired) electrons. The van der Waals surface area contributed by atoms with Gasteiger partial charge in [-0.25, -0.2) is 14.8 Å². The molecule has 1 saturated heterocycles. The number of hydrogen-bond donors (Lipinski definition) is 2. The molecule has 0 saturated carbocycles. The first-order valence-electron chi connectivity index (χ1n) is 7.81. The number of fused-ring (bicyclic) bond motifs is 1. The van der Waals surface area contributed by atoms with E-state index in [0.29, 0.717) is 26.2 Å². The van der Waals surface area contributed by atoms with Gasteiger partial charge in [-0.3, -0.25) is 0 Å². The van der Waals surface area contributed by atoms with Gasteiger partial charge in [-0.15, -0.1) is 0 Å². The summed E-state index contributed by atoms with van der Waals surface area (Å²) >= 11 is 0. The van der Waals surface area contributed by atoms with E-state index >= 15 is 0 Å². The number of nitrogens with one attached hydrogen (secondary N) is 1. The number of anilines is 1. The molecule has 0 aromatic carbocycles. The van der Waals surface area contributed by atoms with Gasteiger partial charge in [-0.1, -0.05) is 0 Å². The van der Waals surface area contributed by atoms with Gasteiger partial charge < -0.3 is 24.5 Å². The molecule has 2 N–H and O–H groups in total. The van der Waals surface area contributed by atoms with E-state index in [2.05, 4.69) is 25.9 Å². The Bertz CT molecular complexity index is 891. The largest absolute Gasteiger partial charge is 0.465 e. The Kier molecular flexibility index (Phi) is 3.37. The first-order chi connectivity index (χ1) is 11.6. The minimum Gasteiger partial charge on any atom is -0.465 e. The summed E-state index contributed by atoms with van der Waals surface area (Å²) in [5.74, 6) is 0. The Hall–Kier alpha value is -3.03. The van der Waals surface area contributed by atoms with Crippen LogP contribution in [0.5, 0.6) is 0 Å². The number of amides is 1. The number of nitrogens with zero attached hydrogens (tertiary/aromatic N) is 5. The minimum atomic E-state index is -0.853. The summed E-state index contributed by atoms with van der Waals surface area (Å²) in [6.07, 6.45) is 4.64. The van der Waals surface area contributed by atoms with E-state index in [1.807, 2.05) is 23.9 Å². The molecule has 3 aromatic rings. The van der Waals surface area contributed by atoms with Crippen LogP contribution in [-0.2, 0) is 7.05 Å². The van der Waals surface area contributed by atoms with Gasteiger partial charge in [0.05, 0.1) is 12.0 Å². The maximum atomic E-state index is 11.1. The maximum Gasteiger partial charge on any atom is 0.407 e. The third kappa shape index (κ3) is 2.45. The zero-order valence-electron chi connectivity index (χ0n) is 13.3. The second kappa shape index (κ2) is 5.55. The molecular weight excluding hydrogens is 308 g/mol. The predicted octanol–water partition coefficient (Wildman–Crippen LogP) is 1.76. The molecule has 1 amide bonds. The summed E-state index contributed by atoms with van der Waals surface area (Å²) in [6, 6.07) is 4.04. The Labute approximate surface area is 138 Å². The first-order valence-corrected chi connectivity index (χ1v) is 7.81. The zero-order chi connectivity index (χ0) is 16.7. The minimum absolute atomic E-state index is 0.511. The number of carbonyl (C=O) groups is 1. The van der Waals surface area contributed by atoms with Crippen LogP contribution in [-0.4, -0.2) is 61.8 Å². The maximum absolute atomic E-state index is 11.1. The monoisotopic (exact) mass is 326 g/mol. The van der Waals surface area contributed by atoms with Gasteiger partial charge in [0, 0.05) is 56.7 Å². The second-order valence-electron chi connectivity index (χ2n) is 5.96. The first kappa shape index (κ1) is 14.6. The smallest absolute Gasteiger partial charge is 0.407 e. The Morgan fingerprint density at radius 1 is 1.25 bits per heavy atom. The lowest BCUT2D eigenvalue weighted by Gasteiger charge is -2.34. The van der Waals surface area contributed by atoms with Gasteiger partial charge in [0.25, 0.3) is 0 Å². The number of imidazole rings is 1. The highest BCUT2D eigenvalue weighted by atomic mass is 16.4. The third-order valence-electron chi connectivity index (χ3n) is 4.38. The van der Waals surface area contributed by atoms with Crippen molar-refractivity contribution in [3.8, 4) is 11.4 Å². The molecule has 24 heavy (non-hydrogen) atoms. The molecule has 1 fully saturated rings. The number of aromatic nitrogens is 4. The molecule has 4 rings (SSSR count). The van der Waals surface area contributed by atoms with Gasteiger partial charge in [-0.2, -0.15) is 0 Å². The van der Waals surface area contributed by atoms with Crippen LogP contribution < -0.4 is 4.90 Å². The number of carboxylic acid groups (broad SMARTS) is 1. The van der Waals surface area contributed by atoms with Crippen molar-refractivity contribution < 1.29 is 9.90 Å². The van der Waals surface area contributed by atoms with Crippen LogP contribution in [0, 0.1) is 0 Å². The standard InChI is InChI=1S/C16H18N6O2/c1-20-9-13(18-10-20)12-8-11-14(2-3-17-15(11)19-12)21-4-6-22(7-5-21)16(23)24/h2-3,8-10H,4-7H2,1H3,(H,17,19)(H,23,24). The number of H-pyrrole nitrogens is 1. The summed E-state index contributed by atoms with van der Waals surface area (Å²) < 4.78 is 1.90. The Morgan fingerprint density at radius 2 is 2.04 bits per heavy atom. The number of aryl methyl sites for hydroxylation is 1. The number of pyridine rings is 1. The molecule has 0 atom stereocenters. The molecule has 0 aliphatic carbocycles. The van der Waals surface area contributed by atoms with Crippen molar-refractivity contribution in [2.45, 2.75) is 0 Å². The highest BCUT2D eigenvalue weighted by Gasteiger charge is 2.22. The van der Waals surface area contributed by atoms with Crippen molar-refractivity contribution in [1.29, 1.82) is 0 Å². The average molecular weight is 326 g/mol. The summed E-state index contributed by atoms with van der Waals surface area (Å²) in [5.41, 5.74) is 3.68. The normalized spacial score (nSPS) is 15.2. The van der Waals surface area contributed by atoms with E-state index in [4.69, 9.17) is 5.11 Å². The molecule has 0 unspecified atom stereocenters. The van der Waals surface area contributed by atoms with Crippen LogP contribution in [0.3, 0.4) is 0 Å². The van der Waals surface area contributed by atoms with E-state index in [0.717, 1.165) is 28.1 Å². The van der Waals surface area contributed by atoms with Crippen molar-refractivity contribution >= 4 is 22.8 Å². The second-order valence-corrected chi connectivity index (χ2v) is 5.96. The molecule has 0 spiro atoms. The predicted molar refractivity (Wildman–Crippen MR) is 90.1 cm³/mol. The zero-order valence-corrected chi connectivity index (χ0v) is 13.3. The average Bonchev–Trinajstić information content (AvgIpc) is 3.20. The Morgan fingerprint density at radius 3 is 2.71 bits per heavy atom. The SMILES string of the molecule is Cn1cnc(-c2cc3c(N4CCN(C(=O)O)CC4)ccnc3[nH]2)c1. The van der Waals surface area contributed by atoms with E-state index < -0.39 is 6.09 Å². The number of rotatable bonds is 2. The van der Waals surface area contributed by atoms with Gasteiger partial charge in [0.15, 0.2) is 0 Å². The van der Waals surface area contributed by atoms with Crippen LogP contribution in [0.4, 0.5) is 10.5 Å². The van der Waals surface area contributed by atoms with E-state index in [1.54, 1.807) is 12.5 Å². The van der Waals surface area contributed by atoms with Crippen LogP contribution in [0.15, 0.2) is 30.9 Å². The number of piperazine rings is 1. The quantitative estimate of drug-likeness (QED) is 0.749. The molecule has 4 heterocycles. The van der Waals surface area contributed by atoms with E-state index in [1.165, 1.54) is 4.90 Å². The molecule has 8 nitrogen and oxygen atoms in total. The van der Waals surface area contributed by atoms with Crippen molar-refractivity contribution in [2.24, 2.45) is 7.05 Å². The molecule has 1 aliphatic heterocycles. The summed E-state index contributed by atoms with van der Waals surface area (Å²) in [5, 5.41) is 10.1. The summed E-state index contributed by atoms with van der Waals surface area (Å²) in [7, 11) is 1.94. The van der Waals surface area contributed by atoms with Gasteiger partial charge in [0.1, 0.15) is 11.3 Å². The Balaban J connectivity index is 1.67. The summed E-state index contributed by atoms with van der Waals surface area (Å²) in [4.78, 5) is 26.8. The lowest BCUT2D eigenvalue weighted by Crippen LogP contribution is -2.48. The molecule has 124 valence electrons. The topological polar surface area (TPSA) is 90.3 Å². The van der Waals surface area contributed by atoms with Crippen LogP contribution in [0.25, 0.3) is 22.4 Å². The highest BCUT2D eigenvalue weighted by Crippen LogP contribution is 2.30. The fourth-order valence-corrected chi connectivity index (χ4v) is 3.12. The number of hydrogen-bond acceptors (Lipinski definition) is 4. The fourth-order valence-electron chi connectivity index (χ4n) is 3.12. The van der Waals surface area contributed by atoms with Crippen LogP contribution in [0.1, 0.15) is 0 Å². The third-order valence-corrected chi connectivity index (χ3v) is 4.38. The lowest BCUT2D eigenvalue weighted by atomic mass is 10.2. The van der Waals surface area contributed by atoms with Crippen molar-refractivity contribution in [2.75, 3.05) is 31.1 Å². The van der Waals surface area contributed by atoms with Gasteiger partial charge in [-0.05, 0) is 12.1 Å². The fraction of sp³-hybridized carbons (Fsp3) is 0.312. The molecule has 8 heteroatoms. The molecule has 1 aliphatic rings. The van der Waals surface area contributed by atoms with E-state index in [9.17, 15) is 4.79 Å². The molecular formula is C16H18N6O2. The van der Waals surface area contributed by atoms with Gasteiger partial charge in [0.2, 0.25) is 0 Å². The lowest BCUT2D eigenvalue weighted by molar-refractivity contribution is 0.142. The van der Waals surface area contributed by atoms with Crippen LogP contribution in [0.2, 0.25) is 0 Å². The van der Waals surface area contributed by atoms with E-state index in [-0.39, 0.29) is 0 Å². The summed E-state index contributed by atoms with van der Waals surface area (Å²) in [6.45, 7) is 2.37. The highest BCUT2D eigenvalue weighted by molar-refractivity contribution is 5.93. The van der Waals surface area contributed by atoms with Crippen molar-refractivity contribution in [3.63, 3.8) is 0 Å². The van der Waals surface area contributed by atoms with Crippen molar-refractivity contribution in [3.05, 3.63) is 30.9 Å². The van der Waals surface area contributed by atoms with Crippen LogP contribution >= 0.6 is 0 Å². The molecule has 0 bridgehead atoms.